The van der Waals surface area contributed by atoms with Crippen molar-refractivity contribution in [1.29, 1.82) is 0 Å². The first kappa shape index (κ1) is 22.2. The zero-order valence-corrected chi connectivity index (χ0v) is 18.7. The third-order valence-electron chi connectivity index (χ3n) is 5.10. The van der Waals surface area contributed by atoms with Crippen molar-refractivity contribution in [2.24, 2.45) is 4.99 Å². The number of hydrogen-bond acceptors (Lipinski definition) is 4. The van der Waals surface area contributed by atoms with Crippen LogP contribution in [0.25, 0.3) is 0 Å². The third-order valence-corrected chi connectivity index (χ3v) is 6.40. The van der Waals surface area contributed by atoms with Crippen LogP contribution in [0, 0.1) is 0 Å². The molecule has 1 N–H and O–H groups in total. The zero-order valence-electron chi connectivity index (χ0n) is 17.9. The first-order valence-corrected chi connectivity index (χ1v) is 12.0. The van der Waals surface area contributed by atoms with Crippen LogP contribution in [0.15, 0.2) is 59.6 Å². The maximum atomic E-state index is 12.4. The number of rotatable bonds is 8. The number of anilines is 1. The Morgan fingerprint density at radius 3 is 2.40 bits per heavy atom. The van der Waals surface area contributed by atoms with Crippen molar-refractivity contribution >= 4 is 22.4 Å². The molecule has 1 heterocycles. The van der Waals surface area contributed by atoms with Gasteiger partial charge in [0, 0.05) is 60.7 Å². The number of aliphatic imine (C=N–C) groups is 1. The molecule has 1 aliphatic heterocycles. The molecule has 3 rings (SSSR count). The van der Waals surface area contributed by atoms with Gasteiger partial charge in [0.05, 0.1) is 13.7 Å². The molecule has 0 aliphatic carbocycles. The predicted molar refractivity (Wildman–Crippen MR) is 126 cm³/mol. The highest BCUT2D eigenvalue weighted by atomic mass is 32.2. The Morgan fingerprint density at radius 1 is 1.07 bits per heavy atom. The molecular formula is C23H32N4O2S. The van der Waals surface area contributed by atoms with Crippen molar-refractivity contribution in [2.45, 2.75) is 12.7 Å². The largest absolute Gasteiger partial charge is 0.497 e. The molecule has 2 aromatic carbocycles. The van der Waals surface area contributed by atoms with E-state index in [1.54, 1.807) is 7.11 Å². The molecule has 0 bridgehead atoms. The predicted octanol–water partition coefficient (Wildman–Crippen LogP) is 2.73. The molecule has 30 heavy (non-hydrogen) atoms. The van der Waals surface area contributed by atoms with E-state index < -0.39 is 10.8 Å². The van der Waals surface area contributed by atoms with E-state index in [0.717, 1.165) is 50.0 Å². The number of hydrogen-bond donors (Lipinski definition) is 1. The SMILES string of the molecule is CCNC(=NCCS(=O)Cc1ccccc1)N1CCN(c2ccc(OC)cc2)CC1. The lowest BCUT2D eigenvalue weighted by Gasteiger charge is -2.37. The van der Waals surface area contributed by atoms with Gasteiger partial charge in [0.1, 0.15) is 5.75 Å². The van der Waals surface area contributed by atoms with Crippen molar-refractivity contribution in [3.63, 3.8) is 0 Å². The highest BCUT2D eigenvalue weighted by molar-refractivity contribution is 7.84. The molecule has 0 saturated carbocycles. The first-order chi connectivity index (χ1) is 14.7. The number of piperazine rings is 1. The van der Waals surface area contributed by atoms with Gasteiger partial charge in [-0.05, 0) is 36.8 Å². The minimum absolute atomic E-state index is 0.570. The second-order valence-corrected chi connectivity index (χ2v) is 8.76. The van der Waals surface area contributed by atoms with Gasteiger partial charge in [-0.2, -0.15) is 0 Å². The van der Waals surface area contributed by atoms with Gasteiger partial charge in [-0.25, -0.2) is 0 Å². The lowest BCUT2D eigenvalue weighted by molar-refractivity contribution is 0.373. The van der Waals surface area contributed by atoms with Gasteiger partial charge in [-0.1, -0.05) is 30.3 Å². The van der Waals surface area contributed by atoms with Crippen LogP contribution in [-0.2, 0) is 16.6 Å². The van der Waals surface area contributed by atoms with Gasteiger partial charge in [-0.3, -0.25) is 9.20 Å². The summed E-state index contributed by atoms with van der Waals surface area (Å²) >= 11 is 0. The summed E-state index contributed by atoms with van der Waals surface area (Å²) < 4.78 is 17.6. The Hall–Kier alpha value is -2.54. The smallest absolute Gasteiger partial charge is 0.194 e. The van der Waals surface area contributed by atoms with Crippen molar-refractivity contribution in [2.75, 3.05) is 57.0 Å². The summed E-state index contributed by atoms with van der Waals surface area (Å²) in [5.74, 6) is 2.97. The molecule has 2 aromatic rings. The Kier molecular flexibility index (Phi) is 8.56. The summed E-state index contributed by atoms with van der Waals surface area (Å²) in [6.45, 7) is 7.17. The van der Waals surface area contributed by atoms with Gasteiger partial charge in [0.2, 0.25) is 0 Å². The molecule has 162 valence electrons. The van der Waals surface area contributed by atoms with Gasteiger partial charge < -0.3 is 19.9 Å². The first-order valence-electron chi connectivity index (χ1n) is 10.5. The van der Waals surface area contributed by atoms with E-state index in [2.05, 4.69) is 34.2 Å². The van der Waals surface area contributed by atoms with Crippen LogP contribution in [-0.4, -0.2) is 67.2 Å². The molecule has 0 radical (unpaired) electrons. The van der Waals surface area contributed by atoms with Crippen LogP contribution in [0.5, 0.6) is 5.75 Å². The Morgan fingerprint density at radius 2 is 1.77 bits per heavy atom. The van der Waals surface area contributed by atoms with E-state index in [1.165, 1.54) is 5.69 Å². The molecule has 6 nitrogen and oxygen atoms in total. The van der Waals surface area contributed by atoms with E-state index in [-0.39, 0.29) is 0 Å². The summed E-state index contributed by atoms with van der Waals surface area (Å²) in [6.07, 6.45) is 0. The van der Waals surface area contributed by atoms with Crippen LogP contribution in [0.2, 0.25) is 0 Å². The minimum atomic E-state index is -0.902. The number of nitrogens with one attached hydrogen (secondary N) is 1. The molecule has 1 unspecified atom stereocenters. The van der Waals surface area contributed by atoms with Crippen LogP contribution >= 0.6 is 0 Å². The van der Waals surface area contributed by atoms with Gasteiger partial charge in [0.15, 0.2) is 5.96 Å². The standard InChI is InChI=1S/C23H32N4O2S/c1-3-24-23(25-13-18-30(28)19-20-7-5-4-6-8-20)27-16-14-26(15-17-27)21-9-11-22(29-2)12-10-21/h4-12H,3,13-19H2,1-2H3,(H,24,25). The maximum Gasteiger partial charge on any atom is 0.194 e. The second-order valence-electron chi connectivity index (χ2n) is 7.18. The van der Waals surface area contributed by atoms with Crippen LogP contribution in [0.1, 0.15) is 12.5 Å². The number of nitrogens with zero attached hydrogens (tertiary/aromatic N) is 3. The average molecular weight is 429 g/mol. The topological polar surface area (TPSA) is 57.2 Å². The second kappa shape index (κ2) is 11.6. The third kappa shape index (κ3) is 6.49. The Labute approximate surface area is 182 Å². The van der Waals surface area contributed by atoms with Crippen LogP contribution < -0.4 is 15.0 Å². The number of benzene rings is 2. The molecule has 0 amide bonds. The summed E-state index contributed by atoms with van der Waals surface area (Å²) in [5.41, 5.74) is 2.33. The van der Waals surface area contributed by atoms with Crippen LogP contribution in [0.4, 0.5) is 5.69 Å². The van der Waals surface area contributed by atoms with Gasteiger partial charge in [0.25, 0.3) is 0 Å². The highest BCUT2D eigenvalue weighted by Gasteiger charge is 2.20. The van der Waals surface area contributed by atoms with E-state index in [1.807, 2.05) is 42.5 Å². The van der Waals surface area contributed by atoms with E-state index >= 15 is 0 Å². The maximum absolute atomic E-state index is 12.4. The van der Waals surface area contributed by atoms with Gasteiger partial charge >= 0.3 is 0 Å². The van der Waals surface area contributed by atoms with Crippen molar-refractivity contribution < 1.29 is 8.95 Å². The van der Waals surface area contributed by atoms with E-state index in [4.69, 9.17) is 9.73 Å². The fourth-order valence-electron chi connectivity index (χ4n) is 3.48. The summed E-state index contributed by atoms with van der Waals surface area (Å²) in [7, 11) is 0.785. The number of methoxy groups -OCH3 is 1. The number of ether oxygens (including phenoxy) is 1. The number of guanidine groups is 1. The molecule has 1 saturated heterocycles. The normalized spacial score (nSPS) is 15.7. The fraction of sp³-hybridized carbons (Fsp3) is 0.435. The van der Waals surface area contributed by atoms with Crippen molar-refractivity contribution in [1.82, 2.24) is 10.2 Å². The zero-order chi connectivity index (χ0) is 21.2. The summed E-state index contributed by atoms with van der Waals surface area (Å²) in [4.78, 5) is 9.42. The summed E-state index contributed by atoms with van der Waals surface area (Å²) in [6, 6.07) is 18.2. The molecule has 1 atom stereocenters. The lowest BCUT2D eigenvalue weighted by Crippen LogP contribution is -2.52. The lowest BCUT2D eigenvalue weighted by atomic mass is 10.2. The van der Waals surface area contributed by atoms with E-state index in [0.29, 0.717) is 18.1 Å². The summed E-state index contributed by atoms with van der Waals surface area (Å²) in [5, 5.41) is 3.39. The Bertz CT molecular complexity index is 819. The molecule has 7 heteroatoms. The molecular weight excluding hydrogens is 396 g/mol. The van der Waals surface area contributed by atoms with Crippen molar-refractivity contribution in [3.8, 4) is 5.75 Å². The minimum Gasteiger partial charge on any atom is -0.497 e. The van der Waals surface area contributed by atoms with E-state index in [9.17, 15) is 4.21 Å². The molecule has 0 spiro atoms. The van der Waals surface area contributed by atoms with Crippen molar-refractivity contribution in [3.05, 3.63) is 60.2 Å². The molecule has 1 aliphatic rings. The molecule has 1 fully saturated rings. The van der Waals surface area contributed by atoms with Crippen LogP contribution in [0.3, 0.4) is 0 Å². The Balaban J connectivity index is 1.50. The highest BCUT2D eigenvalue weighted by Crippen LogP contribution is 2.20. The average Bonchev–Trinajstić information content (AvgIpc) is 2.79. The van der Waals surface area contributed by atoms with Gasteiger partial charge in [-0.15, -0.1) is 0 Å². The quantitative estimate of drug-likeness (QED) is 0.518. The molecule has 0 aromatic heterocycles. The monoisotopic (exact) mass is 428 g/mol. The fourth-order valence-corrected chi connectivity index (χ4v) is 4.48.